The summed E-state index contributed by atoms with van der Waals surface area (Å²) in [6.07, 6.45) is -0.355. The molecule has 1 saturated heterocycles. The zero-order valence-corrected chi connectivity index (χ0v) is 25.4. The molecule has 2 aromatic heterocycles. The van der Waals surface area contributed by atoms with E-state index in [0.717, 1.165) is 12.8 Å². The molecular weight excluding hydrogens is 585 g/mol. The third kappa shape index (κ3) is 6.67. The first kappa shape index (κ1) is 30.5. The Labute approximate surface area is 248 Å². The van der Waals surface area contributed by atoms with Crippen molar-refractivity contribution in [3.05, 3.63) is 36.7 Å². The average Bonchev–Trinajstić information content (AvgIpc) is 3.59. The number of rotatable bonds is 12. The number of nitrogens with one attached hydrogen (secondary N) is 2. The van der Waals surface area contributed by atoms with E-state index in [1.807, 2.05) is 6.07 Å². The number of anilines is 2. The summed E-state index contributed by atoms with van der Waals surface area (Å²) < 4.78 is 25.0. The van der Waals surface area contributed by atoms with E-state index in [2.05, 4.69) is 25.4 Å². The molecule has 1 aliphatic heterocycles. The van der Waals surface area contributed by atoms with Crippen molar-refractivity contribution in [3.63, 3.8) is 0 Å². The van der Waals surface area contributed by atoms with E-state index in [1.165, 1.54) is 17.8 Å². The molecule has 14 nitrogen and oxygen atoms in total. The molecule has 228 valence electrons. The number of imidazole rings is 1. The van der Waals surface area contributed by atoms with Crippen LogP contribution in [0.1, 0.15) is 46.8 Å². The van der Waals surface area contributed by atoms with Crippen LogP contribution in [0.4, 0.5) is 11.8 Å². The summed E-state index contributed by atoms with van der Waals surface area (Å²) in [6, 6.07) is 8.22. The van der Waals surface area contributed by atoms with Gasteiger partial charge >= 0.3 is 12.6 Å². The highest BCUT2D eigenvalue weighted by atomic mass is 32.5. The van der Waals surface area contributed by atoms with Crippen molar-refractivity contribution in [2.75, 3.05) is 17.7 Å². The van der Waals surface area contributed by atoms with Crippen LogP contribution < -0.4 is 20.7 Å². The minimum absolute atomic E-state index is 0.0282. The number of benzene rings is 1. The summed E-state index contributed by atoms with van der Waals surface area (Å²) in [5.74, 6) is 0.420. The Morgan fingerprint density at radius 1 is 1.29 bits per heavy atom. The highest BCUT2D eigenvalue weighted by Crippen LogP contribution is 2.47. The Morgan fingerprint density at radius 3 is 2.67 bits per heavy atom. The Kier molecular flexibility index (Phi) is 8.72. The number of carbonyl (C=O) groups excluding carboxylic acids is 1. The van der Waals surface area contributed by atoms with Crippen LogP contribution in [-0.4, -0.2) is 78.3 Å². The molecule has 1 saturated carbocycles. The SMILES string of the molecule is CC(C)OC(=O)C(C)NP(=S)(OC[C@H]1O[C@@H](n2cnc3c(NC4CC4)nc(N)nc32)[C@](C)(O)[C@@H]1O)Oc1ccccc1. The molecule has 3 aromatic rings. The van der Waals surface area contributed by atoms with Gasteiger partial charge in [-0.2, -0.15) is 9.97 Å². The summed E-state index contributed by atoms with van der Waals surface area (Å²) in [5, 5.41) is 28.8. The first-order chi connectivity index (χ1) is 19.9. The van der Waals surface area contributed by atoms with Crippen molar-refractivity contribution in [1.29, 1.82) is 0 Å². The fourth-order valence-electron chi connectivity index (χ4n) is 4.51. The molecular formula is C26H36N7O7PS. The van der Waals surface area contributed by atoms with Crippen LogP contribution in [0.2, 0.25) is 0 Å². The lowest BCUT2D eigenvalue weighted by atomic mass is 9.96. The van der Waals surface area contributed by atoms with Gasteiger partial charge in [-0.1, -0.05) is 18.2 Å². The Morgan fingerprint density at radius 2 is 2.00 bits per heavy atom. The number of nitrogens with two attached hydrogens (primary N) is 1. The highest BCUT2D eigenvalue weighted by molar-refractivity contribution is 8.09. The van der Waals surface area contributed by atoms with Crippen molar-refractivity contribution in [3.8, 4) is 5.75 Å². The molecule has 1 aliphatic carbocycles. The molecule has 0 spiro atoms. The van der Waals surface area contributed by atoms with Crippen molar-refractivity contribution in [2.24, 2.45) is 0 Å². The second-order valence-electron chi connectivity index (χ2n) is 10.9. The summed E-state index contributed by atoms with van der Waals surface area (Å²) in [7, 11) is 0. The molecule has 16 heteroatoms. The Bertz CT molecular complexity index is 1470. The van der Waals surface area contributed by atoms with E-state index in [9.17, 15) is 15.0 Å². The van der Waals surface area contributed by atoms with E-state index in [0.29, 0.717) is 28.8 Å². The van der Waals surface area contributed by atoms with Crippen LogP contribution in [0.3, 0.4) is 0 Å². The molecule has 0 amide bonds. The minimum Gasteiger partial charge on any atom is -0.462 e. The van der Waals surface area contributed by atoms with Gasteiger partial charge in [0.25, 0.3) is 0 Å². The van der Waals surface area contributed by atoms with Crippen LogP contribution in [0.5, 0.6) is 5.75 Å². The van der Waals surface area contributed by atoms with Crippen LogP contribution in [0.25, 0.3) is 11.2 Å². The van der Waals surface area contributed by atoms with Gasteiger partial charge in [-0.3, -0.25) is 9.36 Å². The number of hydrogen-bond acceptors (Lipinski definition) is 13. The summed E-state index contributed by atoms with van der Waals surface area (Å²) in [4.78, 5) is 25.6. The maximum Gasteiger partial charge on any atom is 0.323 e. The monoisotopic (exact) mass is 621 g/mol. The first-order valence-electron chi connectivity index (χ1n) is 13.7. The van der Waals surface area contributed by atoms with Gasteiger partial charge < -0.3 is 39.8 Å². The standard InChI is InChI=1S/C26H36N7O7PS/c1-14(2)38-23(35)15(3)32-41(42,40-17-8-6-5-7-9-17)37-12-18-20(34)26(4,36)24(39-18)33-13-28-19-21(29-16-10-11-16)30-25(27)31-22(19)33/h5-9,13-16,18,20,24,34,36H,10-12H2,1-4H3,(H,32,42)(H3,27,29,30,31)/t15?,18-,20-,24-,26-,41?/m1/s1. The summed E-state index contributed by atoms with van der Waals surface area (Å²) in [6.45, 7) is 2.85. The lowest BCUT2D eigenvalue weighted by Crippen LogP contribution is -2.44. The van der Waals surface area contributed by atoms with E-state index in [1.54, 1.807) is 45.0 Å². The molecule has 3 heterocycles. The molecule has 2 aliphatic rings. The number of ether oxygens (including phenoxy) is 2. The molecule has 5 rings (SSSR count). The van der Waals surface area contributed by atoms with Crippen molar-refractivity contribution < 1.29 is 33.5 Å². The first-order valence-corrected chi connectivity index (χ1v) is 16.3. The van der Waals surface area contributed by atoms with Crippen molar-refractivity contribution in [1.82, 2.24) is 24.6 Å². The number of hydrogen-bond donors (Lipinski definition) is 5. The van der Waals surface area contributed by atoms with E-state index >= 15 is 0 Å². The second-order valence-corrected chi connectivity index (χ2v) is 14.0. The summed E-state index contributed by atoms with van der Waals surface area (Å²) >= 11 is 5.76. The third-order valence-corrected chi connectivity index (χ3v) is 9.30. The molecule has 2 fully saturated rings. The molecule has 6 N–H and O–H groups in total. The fourth-order valence-corrected chi connectivity index (χ4v) is 6.93. The average molecular weight is 622 g/mol. The van der Waals surface area contributed by atoms with Gasteiger partial charge in [0.15, 0.2) is 23.2 Å². The van der Waals surface area contributed by atoms with E-state index in [4.69, 9.17) is 36.1 Å². The van der Waals surface area contributed by atoms with Crippen molar-refractivity contribution >= 4 is 47.3 Å². The van der Waals surface area contributed by atoms with Crippen molar-refractivity contribution in [2.45, 2.75) is 82.8 Å². The van der Waals surface area contributed by atoms with Gasteiger partial charge in [0.05, 0.1) is 19.0 Å². The maximum absolute atomic E-state index is 12.5. The fraction of sp³-hybridized carbons (Fsp3) is 0.538. The van der Waals surface area contributed by atoms with Gasteiger partial charge in [0.1, 0.15) is 29.6 Å². The normalized spacial score (nSPS) is 26.2. The van der Waals surface area contributed by atoms with Gasteiger partial charge in [0, 0.05) is 6.04 Å². The van der Waals surface area contributed by atoms with Gasteiger partial charge in [-0.05, 0) is 64.5 Å². The minimum atomic E-state index is -3.41. The topological polar surface area (TPSA) is 188 Å². The molecule has 2 unspecified atom stereocenters. The molecule has 42 heavy (non-hydrogen) atoms. The summed E-state index contributed by atoms with van der Waals surface area (Å²) in [5.41, 5.74) is 4.99. The number of fused-ring (bicyclic) bond motifs is 1. The zero-order chi connectivity index (χ0) is 30.2. The quantitative estimate of drug-likeness (QED) is 0.146. The number of esters is 1. The number of nitrogens with zero attached hydrogens (tertiary/aromatic N) is 4. The molecule has 6 atom stereocenters. The van der Waals surface area contributed by atoms with E-state index in [-0.39, 0.29) is 18.7 Å². The number of carbonyl (C=O) groups is 1. The predicted molar refractivity (Wildman–Crippen MR) is 158 cm³/mol. The van der Waals surface area contributed by atoms with Gasteiger partial charge in [-0.25, -0.2) is 10.1 Å². The zero-order valence-electron chi connectivity index (χ0n) is 23.7. The lowest BCUT2D eigenvalue weighted by Gasteiger charge is -2.28. The predicted octanol–water partition coefficient (Wildman–Crippen LogP) is 2.24. The maximum atomic E-state index is 12.5. The third-order valence-electron chi connectivity index (χ3n) is 6.80. The Hall–Kier alpha value is -2.91. The molecule has 0 radical (unpaired) electrons. The highest BCUT2D eigenvalue weighted by Gasteiger charge is 2.54. The number of aliphatic hydroxyl groups excluding tert-OH is 1. The lowest BCUT2D eigenvalue weighted by molar-refractivity contribution is -0.149. The number of aromatic nitrogens is 4. The Balaban J connectivity index is 1.36. The largest absolute Gasteiger partial charge is 0.462 e. The van der Waals surface area contributed by atoms with Crippen LogP contribution in [0, 0.1) is 0 Å². The second kappa shape index (κ2) is 12.0. The smallest absolute Gasteiger partial charge is 0.323 e. The number of nitrogen functional groups attached to an aromatic ring is 1. The number of aliphatic hydroxyl groups is 2. The van der Waals surface area contributed by atoms with Crippen LogP contribution in [0.15, 0.2) is 36.7 Å². The van der Waals surface area contributed by atoms with E-state index < -0.39 is 42.7 Å². The molecule has 1 aromatic carbocycles. The molecule has 0 bridgehead atoms. The van der Waals surface area contributed by atoms with Gasteiger partial charge in [0.2, 0.25) is 5.95 Å². The van der Waals surface area contributed by atoms with Crippen LogP contribution >= 0.6 is 6.64 Å². The van der Waals surface area contributed by atoms with Gasteiger partial charge in [-0.15, -0.1) is 0 Å². The number of para-hydroxylation sites is 1. The van der Waals surface area contributed by atoms with Crippen LogP contribution in [-0.2, 0) is 30.6 Å².